The number of hydroxylamine groups is 2. The largest absolute Gasteiger partial charge is 0.364 e. The number of fused-ring (bicyclic) bond motifs is 1. The fraction of sp³-hybridized carbons (Fsp3) is 0.273. The van der Waals surface area contributed by atoms with Crippen LogP contribution in [0.5, 0.6) is 0 Å². The monoisotopic (exact) mass is 238 g/mol. The van der Waals surface area contributed by atoms with Gasteiger partial charge in [-0.3, -0.25) is 5.73 Å². The minimum absolute atomic E-state index is 0.322. The SMILES string of the molecule is CC(c1cc2ccccc2s1)N(O)C(N)O. The Balaban J connectivity index is 2.33. The maximum atomic E-state index is 9.54. The first kappa shape index (κ1) is 11.5. The summed E-state index contributed by atoms with van der Waals surface area (Å²) in [4.78, 5) is 0.966. The molecule has 0 saturated carbocycles. The van der Waals surface area contributed by atoms with Crippen molar-refractivity contribution in [1.29, 1.82) is 0 Å². The van der Waals surface area contributed by atoms with Crippen LogP contribution in [-0.4, -0.2) is 21.7 Å². The summed E-state index contributed by atoms with van der Waals surface area (Å²) in [7, 11) is 0. The molecular formula is C11H14N2O2S. The lowest BCUT2D eigenvalue weighted by Crippen LogP contribution is -2.40. The number of rotatable bonds is 3. The average Bonchev–Trinajstić information content (AvgIpc) is 2.70. The molecule has 16 heavy (non-hydrogen) atoms. The number of thiophene rings is 1. The number of hydrogen-bond donors (Lipinski definition) is 3. The molecule has 0 spiro atoms. The van der Waals surface area contributed by atoms with Crippen molar-refractivity contribution in [2.24, 2.45) is 5.73 Å². The van der Waals surface area contributed by atoms with Crippen molar-refractivity contribution in [1.82, 2.24) is 5.06 Å². The molecule has 2 atom stereocenters. The molecule has 0 aliphatic heterocycles. The van der Waals surface area contributed by atoms with E-state index < -0.39 is 6.35 Å². The molecule has 0 fully saturated rings. The van der Waals surface area contributed by atoms with Crippen LogP contribution < -0.4 is 5.73 Å². The molecule has 1 aromatic heterocycles. The van der Waals surface area contributed by atoms with Crippen LogP contribution in [0.4, 0.5) is 0 Å². The molecule has 86 valence electrons. The Labute approximate surface area is 97.5 Å². The standard InChI is InChI=1S/C11H14N2O2S/c1-7(13(15)11(12)14)10-6-8-4-2-3-5-9(8)16-10/h2-7,11,14-15H,12H2,1H3. The summed E-state index contributed by atoms with van der Waals surface area (Å²) in [6.07, 6.45) is -1.36. The van der Waals surface area contributed by atoms with E-state index in [4.69, 9.17) is 10.8 Å². The van der Waals surface area contributed by atoms with Gasteiger partial charge in [0.25, 0.3) is 0 Å². The van der Waals surface area contributed by atoms with Gasteiger partial charge in [-0.2, -0.15) is 0 Å². The minimum atomic E-state index is -1.36. The molecule has 0 saturated heterocycles. The number of aliphatic hydroxyl groups is 1. The van der Waals surface area contributed by atoms with Crippen LogP contribution in [0, 0.1) is 0 Å². The lowest BCUT2D eigenvalue weighted by atomic mass is 10.2. The number of nitrogens with two attached hydrogens (primary N) is 1. The summed E-state index contributed by atoms with van der Waals surface area (Å²) in [5, 5.41) is 20.5. The Morgan fingerprint density at radius 2 is 2.06 bits per heavy atom. The van der Waals surface area contributed by atoms with Gasteiger partial charge in [0.1, 0.15) is 0 Å². The molecule has 0 aliphatic rings. The summed E-state index contributed by atoms with van der Waals surface area (Å²) in [6, 6.07) is 9.66. The Kier molecular flexibility index (Phi) is 3.22. The lowest BCUT2D eigenvalue weighted by molar-refractivity contribution is -0.217. The van der Waals surface area contributed by atoms with E-state index in [9.17, 15) is 5.21 Å². The highest BCUT2D eigenvalue weighted by atomic mass is 32.1. The lowest BCUT2D eigenvalue weighted by Gasteiger charge is -2.23. The van der Waals surface area contributed by atoms with Crippen molar-refractivity contribution in [2.75, 3.05) is 0 Å². The molecule has 4 N–H and O–H groups in total. The van der Waals surface area contributed by atoms with Gasteiger partial charge in [-0.15, -0.1) is 16.4 Å². The third-order valence-electron chi connectivity index (χ3n) is 2.52. The first-order valence-electron chi connectivity index (χ1n) is 4.99. The zero-order valence-electron chi connectivity index (χ0n) is 8.87. The number of benzene rings is 1. The Morgan fingerprint density at radius 3 is 2.69 bits per heavy atom. The second-order valence-corrected chi connectivity index (χ2v) is 4.77. The van der Waals surface area contributed by atoms with Gasteiger partial charge in [-0.25, -0.2) is 0 Å². The van der Waals surface area contributed by atoms with E-state index in [0.717, 1.165) is 20.0 Å². The van der Waals surface area contributed by atoms with E-state index in [-0.39, 0.29) is 6.04 Å². The summed E-state index contributed by atoms with van der Waals surface area (Å²) in [6.45, 7) is 1.79. The molecule has 0 aliphatic carbocycles. The number of aliphatic hydroxyl groups excluding tert-OH is 1. The second kappa shape index (κ2) is 4.48. The zero-order chi connectivity index (χ0) is 11.7. The van der Waals surface area contributed by atoms with E-state index in [1.807, 2.05) is 30.3 Å². The highest BCUT2D eigenvalue weighted by molar-refractivity contribution is 7.19. The minimum Gasteiger partial charge on any atom is -0.364 e. The molecular weight excluding hydrogens is 224 g/mol. The highest BCUT2D eigenvalue weighted by Gasteiger charge is 2.19. The summed E-state index contributed by atoms with van der Waals surface area (Å²) in [5.74, 6) is 0. The van der Waals surface area contributed by atoms with Gasteiger partial charge >= 0.3 is 0 Å². The molecule has 1 aromatic carbocycles. The van der Waals surface area contributed by atoms with Crippen LogP contribution in [0.25, 0.3) is 10.1 Å². The Morgan fingerprint density at radius 1 is 1.38 bits per heavy atom. The van der Waals surface area contributed by atoms with Crippen molar-refractivity contribution >= 4 is 21.4 Å². The van der Waals surface area contributed by atoms with Crippen LogP contribution in [0.15, 0.2) is 30.3 Å². The molecule has 4 nitrogen and oxygen atoms in total. The predicted octanol–water partition coefficient (Wildman–Crippen LogP) is 1.89. The van der Waals surface area contributed by atoms with Crippen molar-refractivity contribution < 1.29 is 10.3 Å². The van der Waals surface area contributed by atoms with E-state index >= 15 is 0 Å². The van der Waals surface area contributed by atoms with E-state index in [2.05, 4.69) is 0 Å². The van der Waals surface area contributed by atoms with E-state index in [1.165, 1.54) is 0 Å². The normalized spacial score (nSPS) is 15.6. The first-order valence-corrected chi connectivity index (χ1v) is 5.80. The number of nitrogens with zero attached hydrogens (tertiary/aromatic N) is 1. The quantitative estimate of drug-likeness (QED) is 0.564. The topological polar surface area (TPSA) is 69.7 Å². The van der Waals surface area contributed by atoms with E-state index in [0.29, 0.717) is 0 Å². The average molecular weight is 238 g/mol. The molecule has 5 heteroatoms. The third kappa shape index (κ3) is 2.09. The fourth-order valence-corrected chi connectivity index (χ4v) is 2.68. The highest BCUT2D eigenvalue weighted by Crippen LogP contribution is 2.31. The van der Waals surface area contributed by atoms with Crippen molar-refractivity contribution in [3.05, 3.63) is 35.2 Å². The van der Waals surface area contributed by atoms with Crippen LogP contribution in [-0.2, 0) is 0 Å². The van der Waals surface area contributed by atoms with Gasteiger partial charge in [0.15, 0.2) is 6.35 Å². The molecule has 2 rings (SSSR count). The summed E-state index contributed by atoms with van der Waals surface area (Å²) in [5.41, 5.74) is 5.20. The van der Waals surface area contributed by atoms with Gasteiger partial charge in [0.2, 0.25) is 0 Å². The smallest absolute Gasteiger partial charge is 0.183 e. The maximum Gasteiger partial charge on any atom is 0.183 e. The summed E-state index contributed by atoms with van der Waals surface area (Å²) < 4.78 is 1.16. The molecule has 0 amide bonds. The maximum absolute atomic E-state index is 9.54. The Hall–Kier alpha value is -0.980. The van der Waals surface area contributed by atoms with Crippen molar-refractivity contribution in [2.45, 2.75) is 19.3 Å². The molecule has 1 heterocycles. The van der Waals surface area contributed by atoms with E-state index in [1.54, 1.807) is 18.3 Å². The zero-order valence-corrected chi connectivity index (χ0v) is 9.69. The molecule has 0 radical (unpaired) electrons. The Bertz CT molecular complexity index is 451. The van der Waals surface area contributed by atoms with Crippen LogP contribution in [0.1, 0.15) is 17.8 Å². The molecule has 2 unspecified atom stereocenters. The van der Waals surface area contributed by atoms with Crippen LogP contribution in [0.2, 0.25) is 0 Å². The number of hydrogen-bond acceptors (Lipinski definition) is 5. The first-order chi connectivity index (χ1) is 7.59. The van der Waals surface area contributed by atoms with Crippen LogP contribution >= 0.6 is 11.3 Å². The van der Waals surface area contributed by atoms with Gasteiger partial charge < -0.3 is 10.3 Å². The fourth-order valence-electron chi connectivity index (χ4n) is 1.57. The second-order valence-electron chi connectivity index (χ2n) is 3.66. The predicted molar refractivity (Wildman–Crippen MR) is 64.1 cm³/mol. The molecule has 0 bridgehead atoms. The van der Waals surface area contributed by atoms with Gasteiger partial charge in [-0.05, 0) is 24.4 Å². The van der Waals surface area contributed by atoms with Crippen LogP contribution in [0.3, 0.4) is 0 Å². The van der Waals surface area contributed by atoms with Gasteiger partial charge in [-0.1, -0.05) is 18.2 Å². The molecule has 2 aromatic rings. The van der Waals surface area contributed by atoms with Gasteiger partial charge in [0, 0.05) is 9.58 Å². The summed E-state index contributed by atoms with van der Waals surface area (Å²) >= 11 is 1.58. The van der Waals surface area contributed by atoms with Crippen molar-refractivity contribution in [3.63, 3.8) is 0 Å². The van der Waals surface area contributed by atoms with Crippen molar-refractivity contribution in [3.8, 4) is 0 Å². The third-order valence-corrected chi connectivity index (χ3v) is 3.81. The van der Waals surface area contributed by atoms with Gasteiger partial charge in [0.05, 0.1) is 6.04 Å².